The molecule has 1 aromatic heterocycles. The topological polar surface area (TPSA) is 44.1 Å². The normalized spacial score (nSPS) is 15.1. The number of hydrogen-bond donors (Lipinski definition) is 0. The Bertz CT molecular complexity index is 724. The van der Waals surface area contributed by atoms with E-state index in [1.807, 2.05) is 6.92 Å². The minimum atomic E-state index is -0.467. The van der Waals surface area contributed by atoms with E-state index in [4.69, 9.17) is 16.3 Å². The average Bonchev–Trinajstić information content (AvgIpc) is 2.93. The molecule has 0 aliphatic heterocycles. The van der Waals surface area contributed by atoms with E-state index in [0.29, 0.717) is 5.88 Å². The molecule has 0 saturated carbocycles. The number of rotatable bonds is 4. The maximum atomic E-state index is 11.5. The van der Waals surface area contributed by atoms with Crippen molar-refractivity contribution >= 4 is 17.6 Å². The molecule has 0 fully saturated rings. The van der Waals surface area contributed by atoms with Crippen molar-refractivity contribution in [1.82, 2.24) is 9.78 Å². The van der Waals surface area contributed by atoms with Crippen molar-refractivity contribution in [2.75, 3.05) is 5.88 Å². The Morgan fingerprint density at radius 2 is 2.04 bits per heavy atom. The van der Waals surface area contributed by atoms with E-state index >= 15 is 0 Å². The molecule has 1 aliphatic carbocycles. The predicted molar refractivity (Wildman–Crippen MR) is 90.2 cm³/mol. The van der Waals surface area contributed by atoms with Gasteiger partial charge in [0.1, 0.15) is 5.88 Å². The first-order valence-corrected chi connectivity index (χ1v) is 8.56. The Morgan fingerprint density at radius 1 is 1.30 bits per heavy atom. The van der Waals surface area contributed by atoms with Crippen molar-refractivity contribution in [2.24, 2.45) is 0 Å². The molecule has 0 amide bonds. The Labute approximate surface area is 141 Å². The highest BCUT2D eigenvalue weighted by Crippen LogP contribution is 2.29. The van der Waals surface area contributed by atoms with Crippen molar-refractivity contribution in [3.63, 3.8) is 0 Å². The standard InChI is InChI=1S/C18H21ClN2O2/c1-12-9-17(23-18(22)11-19)21(20-12)13(2)15-8-7-14-5-3-4-6-16(14)10-15/h7-10,13H,3-6,11H2,1-2H3. The molecule has 1 unspecified atom stereocenters. The first kappa shape index (κ1) is 16.1. The van der Waals surface area contributed by atoms with E-state index < -0.39 is 5.97 Å². The Hall–Kier alpha value is -1.81. The highest BCUT2D eigenvalue weighted by atomic mass is 35.5. The SMILES string of the molecule is Cc1cc(OC(=O)CCl)n(C(C)c2ccc3c(c2)CCCC3)n1. The summed E-state index contributed by atoms with van der Waals surface area (Å²) < 4.78 is 7.05. The third-order valence-electron chi connectivity index (χ3n) is 4.37. The third-order valence-corrected chi connectivity index (χ3v) is 4.59. The minimum Gasteiger partial charge on any atom is -0.407 e. The number of halogens is 1. The van der Waals surface area contributed by atoms with Crippen LogP contribution >= 0.6 is 11.6 Å². The molecule has 23 heavy (non-hydrogen) atoms. The zero-order valence-corrected chi connectivity index (χ0v) is 14.3. The lowest BCUT2D eigenvalue weighted by Crippen LogP contribution is -2.16. The maximum absolute atomic E-state index is 11.5. The van der Waals surface area contributed by atoms with Crippen molar-refractivity contribution in [1.29, 1.82) is 0 Å². The van der Waals surface area contributed by atoms with Crippen molar-refractivity contribution < 1.29 is 9.53 Å². The van der Waals surface area contributed by atoms with Gasteiger partial charge in [-0.25, -0.2) is 4.68 Å². The molecule has 5 heteroatoms. The Kier molecular flexibility index (Phi) is 4.71. The summed E-state index contributed by atoms with van der Waals surface area (Å²) in [4.78, 5) is 11.5. The monoisotopic (exact) mass is 332 g/mol. The lowest BCUT2D eigenvalue weighted by Gasteiger charge is -2.20. The van der Waals surface area contributed by atoms with Gasteiger partial charge in [0.05, 0.1) is 11.7 Å². The van der Waals surface area contributed by atoms with E-state index in [0.717, 1.165) is 12.1 Å². The van der Waals surface area contributed by atoms with Crippen LogP contribution in [0.25, 0.3) is 0 Å². The Balaban J connectivity index is 1.91. The molecule has 0 bridgehead atoms. The van der Waals surface area contributed by atoms with Crippen LogP contribution in [0.5, 0.6) is 5.88 Å². The molecule has 3 rings (SSSR count). The van der Waals surface area contributed by atoms with Crippen LogP contribution in [0.3, 0.4) is 0 Å². The fourth-order valence-corrected chi connectivity index (χ4v) is 3.20. The summed E-state index contributed by atoms with van der Waals surface area (Å²) in [6.45, 7) is 3.95. The van der Waals surface area contributed by atoms with Crippen LogP contribution in [0.2, 0.25) is 0 Å². The highest BCUT2D eigenvalue weighted by molar-refractivity contribution is 6.26. The lowest BCUT2D eigenvalue weighted by molar-refractivity contribution is -0.132. The molecular formula is C18H21ClN2O2. The van der Waals surface area contributed by atoms with Crippen LogP contribution in [0.4, 0.5) is 0 Å². The number of esters is 1. The summed E-state index contributed by atoms with van der Waals surface area (Å²) in [5.41, 5.74) is 4.88. The maximum Gasteiger partial charge on any atom is 0.327 e. The summed E-state index contributed by atoms with van der Waals surface area (Å²) in [5, 5.41) is 4.48. The molecule has 0 saturated heterocycles. The van der Waals surface area contributed by atoms with Crippen LogP contribution in [-0.2, 0) is 17.6 Å². The van der Waals surface area contributed by atoms with Gasteiger partial charge in [-0.15, -0.1) is 11.6 Å². The van der Waals surface area contributed by atoms with Gasteiger partial charge in [0.25, 0.3) is 0 Å². The number of fused-ring (bicyclic) bond motifs is 1. The van der Waals surface area contributed by atoms with Gasteiger partial charge < -0.3 is 4.74 Å². The van der Waals surface area contributed by atoms with E-state index in [9.17, 15) is 4.79 Å². The zero-order valence-electron chi connectivity index (χ0n) is 13.5. The summed E-state index contributed by atoms with van der Waals surface area (Å²) in [5.74, 6) is -0.193. The number of aryl methyl sites for hydroxylation is 3. The van der Waals surface area contributed by atoms with Crippen molar-refractivity contribution in [3.8, 4) is 5.88 Å². The van der Waals surface area contributed by atoms with Crippen molar-refractivity contribution in [2.45, 2.75) is 45.6 Å². The summed E-state index contributed by atoms with van der Waals surface area (Å²) in [7, 11) is 0. The number of carbonyl (C=O) groups excluding carboxylic acids is 1. The highest BCUT2D eigenvalue weighted by Gasteiger charge is 2.19. The van der Waals surface area contributed by atoms with Gasteiger partial charge in [-0.05, 0) is 56.2 Å². The number of alkyl halides is 1. The summed E-state index contributed by atoms with van der Waals surface area (Å²) in [6, 6.07) is 8.40. The zero-order chi connectivity index (χ0) is 16.4. The molecule has 1 aliphatic rings. The predicted octanol–water partition coefficient (Wildman–Crippen LogP) is 3.82. The van der Waals surface area contributed by atoms with E-state index in [2.05, 4.69) is 30.2 Å². The smallest absolute Gasteiger partial charge is 0.327 e. The second-order valence-electron chi connectivity index (χ2n) is 6.09. The number of carbonyl (C=O) groups is 1. The molecular weight excluding hydrogens is 312 g/mol. The lowest BCUT2D eigenvalue weighted by atomic mass is 9.89. The first-order valence-electron chi connectivity index (χ1n) is 8.03. The van der Waals surface area contributed by atoms with Gasteiger partial charge in [0, 0.05) is 6.07 Å². The average molecular weight is 333 g/mol. The largest absolute Gasteiger partial charge is 0.407 e. The van der Waals surface area contributed by atoms with Crippen LogP contribution < -0.4 is 4.74 Å². The number of benzene rings is 1. The fraction of sp³-hybridized carbons (Fsp3) is 0.444. The first-order chi connectivity index (χ1) is 11.1. The molecule has 0 N–H and O–H groups in total. The second kappa shape index (κ2) is 6.75. The second-order valence-corrected chi connectivity index (χ2v) is 6.35. The molecule has 2 aromatic rings. The van der Waals surface area contributed by atoms with Crippen LogP contribution in [0.1, 0.15) is 48.2 Å². The molecule has 1 heterocycles. The van der Waals surface area contributed by atoms with Gasteiger partial charge in [-0.3, -0.25) is 4.79 Å². The molecule has 0 spiro atoms. The van der Waals surface area contributed by atoms with Gasteiger partial charge in [0.2, 0.25) is 5.88 Å². The van der Waals surface area contributed by atoms with Crippen LogP contribution in [0.15, 0.2) is 24.3 Å². The van der Waals surface area contributed by atoms with E-state index in [1.54, 1.807) is 10.7 Å². The quantitative estimate of drug-likeness (QED) is 0.631. The molecule has 0 radical (unpaired) electrons. The number of aromatic nitrogens is 2. The van der Waals surface area contributed by atoms with Crippen LogP contribution in [-0.4, -0.2) is 21.6 Å². The molecule has 122 valence electrons. The number of nitrogens with zero attached hydrogens (tertiary/aromatic N) is 2. The molecule has 1 atom stereocenters. The van der Waals surface area contributed by atoms with Crippen molar-refractivity contribution in [3.05, 3.63) is 46.6 Å². The fourth-order valence-electron chi connectivity index (χ4n) is 3.14. The van der Waals surface area contributed by atoms with Crippen LogP contribution in [0, 0.1) is 6.92 Å². The molecule has 1 aromatic carbocycles. The number of ether oxygens (including phenoxy) is 1. The molecule has 4 nitrogen and oxygen atoms in total. The van der Waals surface area contributed by atoms with E-state index in [1.165, 1.54) is 36.0 Å². The summed E-state index contributed by atoms with van der Waals surface area (Å²) >= 11 is 5.53. The Morgan fingerprint density at radius 3 is 2.78 bits per heavy atom. The minimum absolute atomic E-state index is 0.00551. The van der Waals surface area contributed by atoms with E-state index in [-0.39, 0.29) is 11.9 Å². The number of hydrogen-bond acceptors (Lipinski definition) is 3. The summed E-state index contributed by atoms with van der Waals surface area (Å²) in [6.07, 6.45) is 4.84. The van der Waals surface area contributed by atoms with Gasteiger partial charge in [0.15, 0.2) is 0 Å². The van der Waals surface area contributed by atoms with Gasteiger partial charge >= 0.3 is 5.97 Å². The van der Waals surface area contributed by atoms with Gasteiger partial charge in [-0.2, -0.15) is 5.10 Å². The van der Waals surface area contributed by atoms with Gasteiger partial charge in [-0.1, -0.05) is 18.2 Å². The third kappa shape index (κ3) is 3.42.